The molecule has 10 nitrogen and oxygen atoms in total. The third kappa shape index (κ3) is 4.19. The Bertz CT molecular complexity index is 1440. The number of nitrogens with zero attached hydrogens (tertiary/aromatic N) is 7. The number of hydrogen-bond donors (Lipinski definition) is 2. The molecule has 8 rings (SSSR count). The van der Waals surface area contributed by atoms with Gasteiger partial charge >= 0.3 is 0 Å². The number of anilines is 1. The Morgan fingerprint density at radius 3 is 2.67 bits per heavy atom. The Morgan fingerprint density at radius 2 is 2.00 bits per heavy atom. The van der Waals surface area contributed by atoms with E-state index < -0.39 is 0 Å². The highest BCUT2D eigenvalue weighted by atomic mass is 16.5. The van der Waals surface area contributed by atoms with E-state index in [9.17, 15) is 5.26 Å². The smallest absolute Gasteiger partial charge is 0.212 e. The number of piperazine rings is 1. The molecule has 0 aromatic carbocycles. The first kappa shape index (κ1) is 24.0. The summed E-state index contributed by atoms with van der Waals surface area (Å²) in [6, 6.07) is 7.35. The van der Waals surface area contributed by atoms with Gasteiger partial charge in [0.25, 0.3) is 0 Å². The lowest BCUT2D eigenvalue weighted by atomic mass is 9.87. The minimum atomic E-state index is -0.0661. The molecule has 3 fully saturated rings. The van der Waals surface area contributed by atoms with E-state index in [1.165, 1.54) is 17.6 Å². The minimum absolute atomic E-state index is 0.0661. The monoisotopic (exact) mass is 521 g/mol. The van der Waals surface area contributed by atoms with Crippen molar-refractivity contribution >= 4 is 11.4 Å². The fraction of sp³-hybridized carbons (Fsp3) is 0.379. The summed E-state index contributed by atoms with van der Waals surface area (Å²) < 4.78 is 5.19. The summed E-state index contributed by atoms with van der Waals surface area (Å²) in [5.41, 5.74) is 10.3. The maximum Gasteiger partial charge on any atom is 0.212 e. The Balaban J connectivity index is 1.09. The fourth-order valence-corrected chi connectivity index (χ4v) is 6.26. The van der Waals surface area contributed by atoms with Gasteiger partial charge in [-0.15, -0.1) is 0 Å². The first-order valence-corrected chi connectivity index (χ1v) is 13.5. The maximum absolute atomic E-state index is 9.90. The molecule has 0 amide bonds. The number of aromatic nitrogens is 3. The van der Waals surface area contributed by atoms with Gasteiger partial charge in [0.05, 0.1) is 48.6 Å². The molecule has 0 spiro atoms. The van der Waals surface area contributed by atoms with Gasteiger partial charge in [0.15, 0.2) is 0 Å². The molecule has 3 saturated heterocycles. The summed E-state index contributed by atoms with van der Waals surface area (Å²) >= 11 is 0. The Labute approximate surface area is 228 Å². The van der Waals surface area contributed by atoms with Crippen LogP contribution in [0.3, 0.4) is 0 Å². The molecule has 2 aromatic heterocycles. The SMILES string of the molecule is COc1ccc(CN2C3CC2CN(c2cnc(C4=CC(C5=CCNC5)=CN5NC(C)C(C#N)=C45)cn2)C3)cn1. The summed E-state index contributed by atoms with van der Waals surface area (Å²) in [4.78, 5) is 19.0. The van der Waals surface area contributed by atoms with Crippen LogP contribution in [0, 0.1) is 11.3 Å². The molecule has 3 unspecified atom stereocenters. The number of allylic oxidation sites excluding steroid dienone is 2. The van der Waals surface area contributed by atoms with Crippen LogP contribution in [0.2, 0.25) is 0 Å². The third-order valence-electron chi connectivity index (χ3n) is 8.34. The van der Waals surface area contributed by atoms with Gasteiger partial charge in [-0.1, -0.05) is 12.1 Å². The fourth-order valence-electron chi connectivity index (χ4n) is 6.26. The molecule has 2 bridgehead atoms. The molecule has 6 aliphatic heterocycles. The van der Waals surface area contributed by atoms with Gasteiger partial charge in [-0.2, -0.15) is 5.26 Å². The summed E-state index contributed by atoms with van der Waals surface area (Å²) in [6.07, 6.45) is 13.3. The summed E-state index contributed by atoms with van der Waals surface area (Å²) in [7, 11) is 1.64. The highest BCUT2D eigenvalue weighted by Gasteiger charge is 2.45. The van der Waals surface area contributed by atoms with Crippen molar-refractivity contribution in [1.82, 2.24) is 35.6 Å². The zero-order chi connectivity index (χ0) is 26.5. The van der Waals surface area contributed by atoms with Crippen molar-refractivity contribution < 1.29 is 4.74 Å². The Morgan fingerprint density at radius 1 is 1.13 bits per heavy atom. The lowest BCUT2D eigenvalue weighted by Crippen LogP contribution is -2.68. The summed E-state index contributed by atoms with van der Waals surface area (Å²) in [5.74, 6) is 1.55. The third-order valence-corrected chi connectivity index (χ3v) is 8.34. The number of pyridine rings is 1. The van der Waals surface area contributed by atoms with E-state index >= 15 is 0 Å². The van der Waals surface area contributed by atoms with Crippen molar-refractivity contribution in [3.05, 3.63) is 82.7 Å². The molecule has 6 aliphatic rings. The molecule has 8 heterocycles. The number of fused-ring (bicyclic) bond motifs is 3. The molecular weight excluding hydrogens is 490 g/mol. The molecule has 0 aliphatic carbocycles. The van der Waals surface area contributed by atoms with Gasteiger partial charge in [0, 0.05) is 68.8 Å². The van der Waals surface area contributed by atoms with E-state index in [1.54, 1.807) is 7.11 Å². The van der Waals surface area contributed by atoms with Crippen molar-refractivity contribution in [2.75, 3.05) is 38.2 Å². The number of hydrazine groups is 1. The van der Waals surface area contributed by atoms with E-state index in [2.05, 4.69) is 56.0 Å². The molecular formula is C29H31N9O. The molecule has 0 saturated carbocycles. The van der Waals surface area contributed by atoms with E-state index in [4.69, 9.17) is 14.7 Å². The first-order chi connectivity index (χ1) is 19.1. The summed E-state index contributed by atoms with van der Waals surface area (Å²) in [6.45, 7) is 6.48. The zero-order valence-corrected chi connectivity index (χ0v) is 22.1. The number of nitriles is 1. The van der Waals surface area contributed by atoms with Crippen LogP contribution in [0.5, 0.6) is 5.88 Å². The standard InChI is InChI=1S/C29H31N9O/c1-18-25(9-30)29-24(7-21(15-38(29)35-18)20-5-6-31-11-20)26-12-33-27(13-32-26)36-16-22-8-23(17-36)37(22)14-19-3-4-28(39-2)34-10-19/h3-5,7,10,12-13,15,18,22-23,31,35H,6,8,11,14,16-17H2,1-2H3. The Kier molecular flexibility index (Phi) is 5.92. The van der Waals surface area contributed by atoms with Crippen molar-refractivity contribution in [2.45, 2.75) is 38.0 Å². The van der Waals surface area contributed by atoms with Crippen LogP contribution in [-0.4, -0.2) is 76.3 Å². The highest BCUT2D eigenvalue weighted by Crippen LogP contribution is 2.39. The van der Waals surface area contributed by atoms with E-state index in [-0.39, 0.29) is 6.04 Å². The average molecular weight is 522 g/mol. The van der Waals surface area contributed by atoms with Gasteiger partial charge < -0.3 is 15.0 Å². The molecule has 10 heteroatoms. The zero-order valence-electron chi connectivity index (χ0n) is 22.1. The van der Waals surface area contributed by atoms with Crippen LogP contribution >= 0.6 is 0 Å². The van der Waals surface area contributed by atoms with Gasteiger partial charge in [-0.3, -0.25) is 14.9 Å². The quantitative estimate of drug-likeness (QED) is 0.587. The molecule has 2 aromatic rings. The number of nitrogens with one attached hydrogen (secondary N) is 2. The second-order valence-electron chi connectivity index (χ2n) is 10.7. The van der Waals surface area contributed by atoms with E-state index in [0.717, 1.165) is 61.1 Å². The average Bonchev–Trinajstić information content (AvgIpc) is 3.63. The highest BCUT2D eigenvalue weighted by molar-refractivity contribution is 5.84. The molecule has 2 N–H and O–H groups in total. The van der Waals surface area contributed by atoms with Crippen LogP contribution in [0.4, 0.5) is 5.82 Å². The van der Waals surface area contributed by atoms with Crippen LogP contribution in [0.1, 0.15) is 24.6 Å². The van der Waals surface area contributed by atoms with Gasteiger partial charge in [-0.05, 0) is 36.1 Å². The molecule has 198 valence electrons. The van der Waals surface area contributed by atoms with Gasteiger partial charge in [0.2, 0.25) is 5.88 Å². The number of methoxy groups -OCH3 is 1. The van der Waals surface area contributed by atoms with E-state index in [1.807, 2.05) is 36.6 Å². The van der Waals surface area contributed by atoms with Crippen LogP contribution in [-0.2, 0) is 6.54 Å². The van der Waals surface area contributed by atoms with Crippen molar-refractivity contribution in [3.63, 3.8) is 0 Å². The number of ether oxygens (including phenoxy) is 1. The number of rotatable bonds is 6. The molecule has 39 heavy (non-hydrogen) atoms. The van der Waals surface area contributed by atoms with Gasteiger partial charge in [-0.25, -0.2) is 15.4 Å². The van der Waals surface area contributed by atoms with Crippen molar-refractivity contribution in [2.24, 2.45) is 0 Å². The molecule has 0 radical (unpaired) electrons. The maximum atomic E-state index is 9.90. The minimum Gasteiger partial charge on any atom is -0.481 e. The van der Waals surface area contributed by atoms with E-state index in [0.29, 0.717) is 23.5 Å². The predicted octanol–water partition coefficient (Wildman–Crippen LogP) is 2.14. The van der Waals surface area contributed by atoms with Crippen molar-refractivity contribution in [3.8, 4) is 11.9 Å². The second kappa shape index (κ2) is 9.61. The topological polar surface area (TPSA) is 105 Å². The lowest BCUT2D eigenvalue weighted by molar-refractivity contribution is -0.00879. The number of hydrogen-bond acceptors (Lipinski definition) is 10. The van der Waals surface area contributed by atoms with Crippen LogP contribution in [0.15, 0.2) is 71.5 Å². The molecule has 3 atom stereocenters. The van der Waals surface area contributed by atoms with Crippen molar-refractivity contribution in [1.29, 1.82) is 5.26 Å². The first-order valence-electron chi connectivity index (χ1n) is 13.5. The Hall–Kier alpha value is -4.04. The second-order valence-corrected chi connectivity index (χ2v) is 10.7. The number of piperidine rings is 1. The summed E-state index contributed by atoms with van der Waals surface area (Å²) in [5, 5.41) is 15.3. The lowest BCUT2D eigenvalue weighted by Gasteiger charge is -2.56. The predicted molar refractivity (Wildman–Crippen MR) is 147 cm³/mol. The van der Waals surface area contributed by atoms with Crippen LogP contribution < -0.4 is 20.4 Å². The normalized spacial score (nSPS) is 26.0. The largest absolute Gasteiger partial charge is 0.481 e. The van der Waals surface area contributed by atoms with Gasteiger partial charge in [0.1, 0.15) is 5.82 Å². The van der Waals surface area contributed by atoms with Crippen LogP contribution in [0.25, 0.3) is 5.57 Å².